The van der Waals surface area contributed by atoms with Gasteiger partial charge in [0.2, 0.25) is 5.43 Å². The molecule has 0 radical (unpaired) electrons. The normalized spacial score (nSPS) is 25.8. The number of halogens is 2. The van der Waals surface area contributed by atoms with Gasteiger partial charge in [0.05, 0.1) is 18.6 Å². The molecular weight excluding hydrogens is 512 g/mol. The number of hydrogen-bond donors (Lipinski definition) is 1. The summed E-state index contributed by atoms with van der Waals surface area (Å²) in [4.78, 5) is 28.5. The molecule has 4 aliphatic rings. The number of benzene rings is 1. The molecule has 10 heteroatoms. The SMILES string of the molecule is O=C1c2c(O)c(=O)ccn2N2CN1CCCCCCCOC1=CC(F)=C(F)C3CSc4ccccc4C2C13. The molecule has 1 amide bonds. The van der Waals surface area contributed by atoms with Gasteiger partial charge in [-0.2, -0.15) is 0 Å². The zero-order valence-corrected chi connectivity index (χ0v) is 21.6. The predicted octanol–water partition coefficient (Wildman–Crippen LogP) is 5.01. The molecular formula is C28H29F2N3O4S. The van der Waals surface area contributed by atoms with Crippen LogP contribution in [0.3, 0.4) is 0 Å². The zero-order valence-electron chi connectivity index (χ0n) is 20.8. The summed E-state index contributed by atoms with van der Waals surface area (Å²) in [7, 11) is 0. The average Bonchev–Trinajstić information content (AvgIpc) is 3.08. The highest BCUT2D eigenvalue weighted by molar-refractivity contribution is 7.99. The van der Waals surface area contributed by atoms with E-state index in [2.05, 4.69) is 0 Å². The van der Waals surface area contributed by atoms with E-state index in [-0.39, 0.29) is 12.4 Å². The molecule has 3 aliphatic heterocycles. The highest BCUT2D eigenvalue weighted by Gasteiger charge is 2.48. The second kappa shape index (κ2) is 10.1. The number of aromatic nitrogens is 1. The summed E-state index contributed by atoms with van der Waals surface area (Å²) in [5.41, 5.74) is 0.125. The lowest BCUT2D eigenvalue weighted by Gasteiger charge is -2.47. The molecule has 0 saturated carbocycles. The van der Waals surface area contributed by atoms with Gasteiger partial charge in [0.1, 0.15) is 18.3 Å². The van der Waals surface area contributed by atoms with E-state index < -0.39 is 46.6 Å². The summed E-state index contributed by atoms with van der Waals surface area (Å²) < 4.78 is 38.2. The number of rotatable bonds is 0. The van der Waals surface area contributed by atoms with Crippen LogP contribution in [-0.4, -0.2) is 46.2 Å². The minimum absolute atomic E-state index is 0.119. The molecule has 200 valence electrons. The van der Waals surface area contributed by atoms with Crippen LogP contribution in [0.2, 0.25) is 0 Å². The fourth-order valence-corrected chi connectivity index (χ4v) is 7.24. The maximum atomic E-state index is 15.5. The minimum Gasteiger partial charge on any atom is -0.502 e. The molecule has 3 atom stereocenters. The van der Waals surface area contributed by atoms with E-state index in [0.29, 0.717) is 24.7 Å². The Balaban J connectivity index is 1.59. The fraction of sp³-hybridized carbons (Fsp3) is 0.429. The second-order valence-corrected chi connectivity index (χ2v) is 11.2. The van der Waals surface area contributed by atoms with Crippen LogP contribution >= 0.6 is 11.8 Å². The standard InChI is InChI=1S/C28H29F2N3O4S/c29-19-14-21-23-18(24(19)30)15-38-22-9-5-4-8-17(22)25(23)33-16-31(11-6-2-1-3-7-13-37-21)28(36)26-27(35)20(34)10-12-32(26)33/h4-5,8-10,12,14,18,23,25,35H,1-3,6-7,11,13,15-16H2. The number of ether oxygens (including phenoxy) is 1. The van der Waals surface area contributed by atoms with Crippen LogP contribution in [0.4, 0.5) is 8.78 Å². The lowest BCUT2D eigenvalue weighted by atomic mass is 9.78. The number of carbonyl (C=O) groups excluding carboxylic acids is 1. The van der Waals surface area contributed by atoms with Crippen molar-refractivity contribution in [1.82, 2.24) is 9.58 Å². The molecule has 1 N–H and O–H groups in total. The Bertz CT molecular complexity index is 1390. The van der Waals surface area contributed by atoms with E-state index >= 15 is 4.39 Å². The van der Waals surface area contributed by atoms with Gasteiger partial charge >= 0.3 is 0 Å². The molecule has 2 aromatic rings. The number of fused-ring (bicyclic) bond motifs is 7. The van der Waals surface area contributed by atoms with Gasteiger partial charge in [-0.15, -0.1) is 11.8 Å². The summed E-state index contributed by atoms with van der Waals surface area (Å²) in [6.07, 6.45) is 7.01. The monoisotopic (exact) mass is 541 g/mol. The van der Waals surface area contributed by atoms with Crippen LogP contribution in [0.5, 0.6) is 5.75 Å². The van der Waals surface area contributed by atoms with E-state index in [1.807, 2.05) is 29.3 Å². The van der Waals surface area contributed by atoms with Crippen LogP contribution < -0.4 is 10.4 Å². The van der Waals surface area contributed by atoms with Crippen LogP contribution in [0, 0.1) is 11.8 Å². The fourth-order valence-electron chi connectivity index (χ4n) is 6.00. The number of amides is 1. The number of carbonyl (C=O) groups is 1. The van der Waals surface area contributed by atoms with E-state index in [1.54, 1.807) is 4.90 Å². The van der Waals surface area contributed by atoms with Gasteiger partial charge in [-0.3, -0.25) is 19.3 Å². The number of allylic oxidation sites excluding steroid dienone is 3. The first-order valence-corrected chi connectivity index (χ1v) is 14.1. The highest BCUT2D eigenvalue weighted by atomic mass is 32.2. The molecule has 7 nitrogen and oxygen atoms in total. The smallest absolute Gasteiger partial charge is 0.277 e. The molecule has 3 unspecified atom stereocenters. The quantitative estimate of drug-likeness (QED) is 0.505. The Morgan fingerprint density at radius 2 is 1.82 bits per heavy atom. The van der Waals surface area contributed by atoms with Gasteiger partial charge in [-0.1, -0.05) is 37.5 Å². The first kappa shape index (κ1) is 25.0. The van der Waals surface area contributed by atoms with Crippen LogP contribution in [0.1, 0.15) is 54.2 Å². The molecule has 0 spiro atoms. The Kier molecular flexibility index (Phi) is 6.67. The van der Waals surface area contributed by atoms with Crippen LogP contribution in [0.15, 0.2) is 69.7 Å². The van der Waals surface area contributed by atoms with Crippen molar-refractivity contribution in [2.24, 2.45) is 11.8 Å². The van der Waals surface area contributed by atoms with Crippen LogP contribution in [0.25, 0.3) is 0 Å². The number of pyridine rings is 1. The largest absolute Gasteiger partial charge is 0.502 e. The van der Waals surface area contributed by atoms with Crippen molar-refractivity contribution >= 4 is 17.7 Å². The van der Waals surface area contributed by atoms with Crippen molar-refractivity contribution in [1.29, 1.82) is 0 Å². The van der Waals surface area contributed by atoms with E-state index in [9.17, 15) is 19.1 Å². The van der Waals surface area contributed by atoms with Gasteiger partial charge in [-0.25, -0.2) is 8.78 Å². The Labute approximate surface area is 223 Å². The van der Waals surface area contributed by atoms with Crippen molar-refractivity contribution in [2.45, 2.75) is 43.0 Å². The summed E-state index contributed by atoms with van der Waals surface area (Å²) >= 11 is 1.47. The topological polar surface area (TPSA) is 75.0 Å². The number of hydrogen-bond acceptors (Lipinski definition) is 6. The number of thioether (sulfide) groups is 1. The molecule has 1 saturated heterocycles. The third-order valence-corrected chi connectivity index (χ3v) is 9.09. The third-order valence-electron chi connectivity index (χ3n) is 7.88. The predicted molar refractivity (Wildman–Crippen MR) is 140 cm³/mol. The summed E-state index contributed by atoms with van der Waals surface area (Å²) in [5.74, 6) is -3.46. The third kappa shape index (κ3) is 4.19. The molecule has 1 aliphatic carbocycles. The lowest BCUT2D eigenvalue weighted by molar-refractivity contribution is 0.0636. The number of nitrogens with zero attached hydrogens (tertiary/aromatic N) is 3. The highest BCUT2D eigenvalue weighted by Crippen LogP contribution is 2.52. The summed E-state index contributed by atoms with van der Waals surface area (Å²) in [6.45, 7) is 1.01. The first-order chi connectivity index (χ1) is 18.5. The Morgan fingerprint density at radius 3 is 2.68 bits per heavy atom. The van der Waals surface area contributed by atoms with Gasteiger partial charge in [0, 0.05) is 41.5 Å². The van der Waals surface area contributed by atoms with Gasteiger partial charge in [0.25, 0.3) is 5.91 Å². The van der Waals surface area contributed by atoms with Gasteiger partial charge in [0.15, 0.2) is 17.3 Å². The molecule has 1 aromatic carbocycles. The van der Waals surface area contributed by atoms with Gasteiger partial charge < -0.3 is 14.7 Å². The maximum Gasteiger partial charge on any atom is 0.277 e. The summed E-state index contributed by atoms with van der Waals surface area (Å²) in [6, 6.07) is 8.38. The van der Waals surface area contributed by atoms with Crippen molar-refractivity contribution in [2.75, 3.05) is 30.6 Å². The van der Waals surface area contributed by atoms with Crippen molar-refractivity contribution in [3.63, 3.8) is 0 Å². The average molecular weight is 542 g/mol. The molecule has 38 heavy (non-hydrogen) atoms. The lowest BCUT2D eigenvalue weighted by Crippen LogP contribution is -2.57. The van der Waals surface area contributed by atoms with Crippen molar-refractivity contribution in [3.8, 4) is 5.75 Å². The molecule has 2 bridgehead atoms. The van der Waals surface area contributed by atoms with Gasteiger partial charge in [-0.05, 0) is 24.5 Å². The zero-order chi connectivity index (χ0) is 26.4. The Hall–Kier alpha value is -3.27. The molecule has 1 fully saturated rings. The van der Waals surface area contributed by atoms with Crippen LogP contribution in [-0.2, 0) is 4.74 Å². The van der Waals surface area contributed by atoms with Crippen molar-refractivity contribution < 1.29 is 23.4 Å². The Morgan fingerprint density at radius 1 is 1.03 bits per heavy atom. The van der Waals surface area contributed by atoms with Crippen molar-refractivity contribution in [3.05, 3.63) is 81.5 Å². The molecule has 1 aromatic heterocycles. The van der Waals surface area contributed by atoms with E-state index in [0.717, 1.165) is 42.6 Å². The first-order valence-electron chi connectivity index (χ1n) is 13.1. The molecule has 4 heterocycles. The van der Waals surface area contributed by atoms with E-state index in [1.165, 1.54) is 34.8 Å². The summed E-state index contributed by atoms with van der Waals surface area (Å²) in [5, 5.41) is 12.6. The second-order valence-electron chi connectivity index (χ2n) is 10.2. The maximum absolute atomic E-state index is 15.5. The van der Waals surface area contributed by atoms with E-state index in [4.69, 9.17) is 4.74 Å². The minimum atomic E-state index is -0.912. The molecule has 6 rings (SSSR count). The number of aromatic hydroxyl groups is 1.